The third-order valence-electron chi connectivity index (χ3n) is 4.10. The molecule has 0 radical (unpaired) electrons. The number of carbonyl (C=O) groups is 2. The van der Waals surface area contributed by atoms with E-state index in [9.17, 15) is 14.0 Å². The molecule has 0 spiro atoms. The van der Waals surface area contributed by atoms with Gasteiger partial charge in [-0.15, -0.1) is 27.8 Å². The molecule has 3 aromatic heterocycles. The van der Waals surface area contributed by atoms with Crippen molar-refractivity contribution in [2.24, 2.45) is 0 Å². The summed E-state index contributed by atoms with van der Waals surface area (Å²) in [6, 6.07) is 10.8. The van der Waals surface area contributed by atoms with Crippen molar-refractivity contribution in [3.63, 3.8) is 0 Å². The number of carbonyl (C=O) groups excluding carboxylic acids is 2. The van der Waals surface area contributed by atoms with Crippen LogP contribution in [-0.4, -0.2) is 38.7 Å². The molecule has 1 unspecified atom stereocenters. The summed E-state index contributed by atoms with van der Waals surface area (Å²) in [4.78, 5) is 26.1. The topological polar surface area (TPSA) is 99.0 Å². The molecule has 0 saturated carbocycles. The van der Waals surface area contributed by atoms with E-state index in [2.05, 4.69) is 20.8 Å². The van der Waals surface area contributed by atoms with Crippen LogP contribution >= 0.6 is 22.7 Å². The number of tetrazole rings is 1. The Kier molecular flexibility index (Phi) is 5.91. The van der Waals surface area contributed by atoms with Gasteiger partial charge in [-0.25, -0.2) is 9.18 Å². The van der Waals surface area contributed by atoms with Crippen LogP contribution in [-0.2, 0) is 9.53 Å². The maximum absolute atomic E-state index is 13.3. The molecular weight excluding hydrogens is 429 g/mol. The van der Waals surface area contributed by atoms with Crippen molar-refractivity contribution in [2.75, 3.05) is 6.61 Å². The van der Waals surface area contributed by atoms with E-state index in [4.69, 9.17) is 4.74 Å². The molecule has 0 aliphatic carbocycles. The summed E-state index contributed by atoms with van der Waals surface area (Å²) >= 11 is 2.62. The lowest BCUT2D eigenvalue weighted by atomic mass is 10.1. The summed E-state index contributed by atoms with van der Waals surface area (Å²) in [6.45, 7) is -0.463. The number of halogens is 1. The monoisotopic (exact) mass is 443 g/mol. The van der Waals surface area contributed by atoms with Crippen LogP contribution < -0.4 is 5.32 Å². The lowest BCUT2D eigenvalue weighted by Crippen LogP contribution is -2.32. The van der Waals surface area contributed by atoms with Crippen LogP contribution in [0.3, 0.4) is 0 Å². The first kappa shape index (κ1) is 19.9. The minimum absolute atomic E-state index is 0.281. The van der Waals surface area contributed by atoms with Crippen LogP contribution in [0.15, 0.2) is 59.6 Å². The number of amides is 1. The Balaban J connectivity index is 1.43. The molecule has 152 valence electrons. The number of ether oxygens (including phenoxy) is 1. The van der Waals surface area contributed by atoms with Gasteiger partial charge < -0.3 is 10.1 Å². The van der Waals surface area contributed by atoms with E-state index in [-0.39, 0.29) is 10.7 Å². The van der Waals surface area contributed by atoms with Crippen molar-refractivity contribution >= 4 is 34.6 Å². The fourth-order valence-electron chi connectivity index (χ4n) is 2.74. The lowest BCUT2D eigenvalue weighted by molar-refractivity contribution is -0.124. The number of benzene rings is 1. The number of thiophene rings is 2. The minimum atomic E-state index is -0.653. The highest BCUT2D eigenvalue weighted by Crippen LogP contribution is 2.26. The van der Waals surface area contributed by atoms with Crippen LogP contribution in [0.2, 0.25) is 0 Å². The van der Waals surface area contributed by atoms with Gasteiger partial charge in [0, 0.05) is 4.88 Å². The average molecular weight is 443 g/mol. The number of esters is 1. The Hall–Kier alpha value is -3.44. The van der Waals surface area contributed by atoms with Gasteiger partial charge >= 0.3 is 5.97 Å². The van der Waals surface area contributed by atoms with Gasteiger partial charge in [-0.1, -0.05) is 18.2 Å². The number of hydrogen-bond acceptors (Lipinski definition) is 8. The number of aromatic nitrogens is 4. The molecule has 0 aliphatic rings. The number of rotatable bonds is 7. The van der Waals surface area contributed by atoms with Crippen LogP contribution in [0.1, 0.15) is 26.2 Å². The van der Waals surface area contributed by atoms with E-state index < -0.39 is 24.5 Å². The predicted octanol–water partition coefficient (Wildman–Crippen LogP) is 2.99. The Morgan fingerprint density at radius 1 is 1.13 bits per heavy atom. The molecule has 1 amide bonds. The minimum Gasteiger partial charge on any atom is -0.451 e. The second kappa shape index (κ2) is 8.93. The fourth-order valence-corrected chi connectivity index (χ4v) is 4.31. The molecule has 1 aromatic carbocycles. The summed E-state index contributed by atoms with van der Waals surface area (Å²) in [5, 5.41) is 17.3. The molecule has 0 aliphatic heterocycles. The average Bonchev–Trinajstić information content (AvgIpc) is 3.52. The van der Waals surface area contributed by atoms with Gasteiger partial charge in [-0.3, -0.25) is 4.79 Å². The Morgan fingerprint density at radius 3 is 2.67 bits per heavy atom. The molecular formula is C19H14FN5O3S2. The number of nitrogens with zero attached hydrogens (tertiary/aromatic N) is 4. The van der Waals surface area contributed by atoms with Crippen molar-refractivity contribution in [3.8, 4) is 5.69 Å². The van der Waals surface area contributed by atoms with Gasteiger partial charge in [-0.05, 0) is 51.0 Å². The molecule has 0 bridgehead atoms. The molecule has 3 heterocycles. The zero-order valence-corrected chi connectivity index (χ0v) is 16.9. The Morgan fingerprint density at radius 2 is 1.97 bits per heavy atom. The third-order valence-corrected chi connectivity index (χ3v) is 5.92. The van der Waals surface area contributed by atoms with Crippen LogP contribution in [0.4, 0.5) is 4.39 Å². The Bertz CT molecular complexity index is 1130. The molecule has 4 aromatic rings. The molecule has 1 N–H and O–H groups in total. The van der Waals surface area contributed by atoms with E-state index in [0.717, 1.165) is 21.8 Å². The van der Waals surface area contributed by atoms with Crippen molar-refractivity contribution < 1.29 is 18.7 Å². The lowest BCUT2D eigenvalue weighted by Gasteiger charge is -2.18. The van der Waals surface area contributed by atoms with Crippen LogP contribution in [0.5, 0.6) is 0 Å². The van der Waals surface area contributed by atoms with Crippen molar-refractivity contribution in [1.29, 1.82) is 0 Å². The fraction of sp³-hybridized carbons (Fsp3) is 0.105. The molecule has 0 fully saturated rings. The molecule has 4 rings (SSSR count). The van der Waals surface area contributed by atoms with E-state index in [1.807, 2.05) is 17.5 Å². The molecule has 0 saturated heterocycles. The van der Waals surface area contributed by atoms with Crippen molar-refractivity contribution in [2.45, 2.75) is 6.04 Å². The van der Waals surface area contributed by atoms with Crippen molar-refractivity contribution in [3.05, 3.63) is 80.7 Å². The highest BCUT2D eigenvalue weighted by atomic mass is 32.1. The van der Waals surface area contributed by atoms with Gasteiger partial charge in [0.1, 0.15) is 17.0 Å². The van der Waals surface area contributed by atoms with Gasteiger partial charge in [0.15, 0.2) is 6.61 Å². The summed E-state index contributed by atoms with van der Waals surface area (Å²) in [6.07, 6.45) is 1.36. The van der Waals surface area contributed by atoms with Gasteiger partial charge in [0.05, 0.1) is 11.7 Å². The normalized spacial score (nSPS) is 11.8. The van der Waals surface area contributed by atoms with E-state index in [1.54, 1.807) is 23.6 Å². The number of nitrogens with one attached hydrogen (secondary N) is 1. The predicted molar refractivity (Wildman–Crippen MR) is 108 cm³/mol. The number of hydrogen-bond donors (Lipinski definition) is 1. The smallest absolute Gasteiger partial charge is 0.351 e. The first-order valence-electron chi connectivity index (χ1n) is 8.68. The van der Waals surface area contributed by atoms with Crippen molar-refractivity contribution in [1.82, 2.24) is 25.5 Å². The van der Waals surface area contributed by atoms with E-state index in [1.165, 1.54) is 34.5 Å². The highest BCUT2D eigenvalue weighted by molar-refractivity contribution is 7.12. The highest BCUT2D eigenvalue weighted by Gasteiger charge is 2.21. The zero-order valence-electron chi connectivity index (χ0n) is 15.3. The van der Waals surface area contributed by atoms with Gasteiger partial charge in [0.25, 0.3) is 5.91 Å². The van der Waals surface area contributed by atoms with Gasteiger partial charge in [-0.2, -0.15) is 4.68 Å². The van der Waals surface area contributed by atoms with E-state index in [0.29, 0.717) is 5.69 Å². The quantitative estimate of drug-likeness (QED) is 0.441. The summed E-state index contributed by atoms with van der Waals surface area (Å²) in [5.74, 6) is -1.50. The second-order valence-corrected chi connectivity index (χ2v) is 7.93. The first-order chi connectivity index (χ1) is 14.6. The molecule has 1 atom stereocenters. The van der Waals surface area contributed by atoms with E-state index >= 15 is 0 Å². The van der Waals surface area contributed by atoms with Crippen LogP contribution in [0.25, 0.3) is 5.69 Å². The molecule has 8 nitrogen and oxygen atoms in total. The van der Waals surface area contributed by atoms with Crippen LogP contribution in [0, 0.1) is 5.82 Å². The largest absolute Gasteiger partial charge is 0.451 e. The maximum Gasteiger partial charge on any atom is 0.351 e. The molecule has 11 heteroatoms. The zero-order chi connectivity index (χ0) is 20.9. The summed E-state index contributed by atoms with van der Waals surface area (Å²) < 4.78 is 19.8. The third kappa shape index (κ3) is 4.42. The standard InChI is InChI=1S/C19H14FN5O3S2/c20-13-5-3-12(4-6-13)17(15-2-1-8-29-15)22-16(26)10-28-19(27)18-14(7-9-30-18)25-11-21-23-24-25/h1-9,11,17H,10H2,(H,22,26). The first-order valence-corrected chi connectivity index (χ1v) is 10.4. The van der Waals surface area contributed by atoms with Gasteiger partial charge in [0.2, 0.25) is 0 Å². The maximum atomic E-state index is 13.3. The SMILES string of the molecule is O=C(COC(=O)c1sccc1-n1cnnn1)NC(c1ccc(F)cc1)c1cccs1. The Labute approximate surface area is 177 Å². The second-order valence-electron chi connectivity index (χ2n) is 6.03. The summed E-state index contributed by atoms with van der Waals surface area (Å²) in [7, 11) is 0. The summed E-state index contributed by atoms with van der Waals surface area (Å²) in [5.41, 5.74) is 1.19. The molecule has 30 heavy (non-hydrogen) atoms.